The number of hydrogen-bond donors (Lipinski definition) is 1. The maximum atomic E-state index is 12.6. The molecule has 0 heterocycles. The van der Waals surface area contributed by atoms with E-state index in [1.54, 1.807) is 50.2 Å². The average Bonchev–Trinajstić information content (AvgIpc) is 2.64. The molecule has 27 heavy (non-hydrogen) atoms. The van der Waals surface area contributed by atoms with Crippen LogP contribution < -0.4 is 10.1 Å². The van der Waals surface area contributed by atoms with Gasteiger partial charge in [-0.15, -0.1) is 0 Å². The summed E-state index contributed by atoms with van der Waals surface area (Å²) < 4.78 is 32.2. The van der Waals surface area contributed by atoms with Crippen molar-refractivity contribution in [1.82, 2.24) is 4.31 Å². The minimum absolute atomic E-state index is 0.0703. The van der Waals surface area contributed by atoms with Crippen LogP contribution in [0.25, 0.3) is 0 Å². The van der Waals surface area contributed by atoms with Crippen molar-refractivity contribution in [3.63, 3.8) is 0 Å². The van der Waals surface area contributed by atoms with Crippen molar-refractivity contribution in [3.05, 3.63) is 54.1 Å². The summed E-state index contributed by atoms with van der Waals surface area (Å²) in [7, 11) is -3.61. The fourth-order valence-corrected chi connectivity index (χ4v) is 4.11. The maximum Gasteiger partial charge on any atom is 0.255 e. The topological polar surface area (TPSA) is 75.7 Å². The Bertz CT molecular complexity index is 873. The van der Waals surface area contributed by atoms with Gasteiger partial charge in [0.2, 0.25) is 10.0 Å². The van der Waals surface area contributed by atoms with Gasteiger partial charge in [-0.1, -0.05) is 19.9 Å². The lowest BCUT2D eigenvalue weighted by atomic mass is 10.2. The molecule has 0 saturated heterocycles. The summed E-state index contributed by atoms with van der Waals surface area (Å²) in [4.78, 5) is 12.6. The molecule has 0 aromatic heterocycles. The largest absolute Gasteiger partial charge is 0.491 e. The molecule has 2 aromatic rings. The Morgan fingerprint density at radius 3 is 2.26 bits per heavy atom. The number of nitrogens with one attached hydrogen (secondary N) is 1. The molecular weight excluding hydrogens is 364 g/mol. The van der Waals surface area contributed by atoms with Crippen LogP contribution in [0.1, 0.15) is 38.1 Å². The van der Waals surface area contributed by atoms with Crippen molar-refractivity contribution < 1.29 is 17.9 Å². The molecule has 7 heteroatoms. The lowest BCUT2D eigenvalue weighted by Gasteiger charge is -2.18. The fourth-order valence-electron chi connectivity index (χ4n) is 2.60. The number of carbonyl (C=O) groups is 1. The molecule has 1 amide bonds. The lowest BCUT2D eigenvalue weighted by Crippen LogP contribution is -2.30. The second-order valence-corrected chi connectivity index (χ2v) is 8.20. The lowest BCUT2D eigenvalue weighted by molar-refractivity contribution is 0.102. The maximum absolute atomic E-state index is 12.6. The highest BCUT2D eigenvalue weighted by Crippen LogP contribution is 2.20. The molecule has 0 unspecified atom stereocenters. The second kappa shape index (κ2) is 9.01. The summed E-state index contributed by atoms with van der Waals surface area (Å²) >= 11 is 0. The third kappa shape index (κ3) is 5.30. The highest BCUT2D eigenvalue weighted by molar-refractivity contribution is 7.89. The summed E-state index contributed by atoms with van der Waals surface area (Å²) in [6.45, 7) is 8.19. The molecule has 0 radical (unpaired) electrons. The molecule has 6 nitrogen and oxygen atoms in total. The Balaban J connectivity index is 2.18. The Kier molecular flexibility index (Phi) is 6.98. The quantitative estimate of drug-likeness (QED) is 0.745. The summed E-state index contributed by atoms with van der Waals surface area (Å²) in [5.41, 5.74) is 0.888. The van der Waals surface area contributed by atoms with E-state index in [1.807, 2.05) is 13.8 Å². The zero-order valence-corrected chi connectivity index (χ0v) is 16.9. The minimum Gasteiger partial charge on any atom is -0.491 e. The second-order valence-electron chi connectivity index (χ2n) is 6.26. The molecule has 0 aliphatic carbocycles. The number of anilines is 1. The van der Waals surface area contributed by atoms with Gasteiger partial charge in [-0.3, -0.25) is 4.79 Å². The third-order valence-corrected chi connectivity index (χ3v) is 5.97. The molecule has 0 aliphatic heterocycles. The summed E-state index contributed by atoms with van der Waals surface area (Å²) in [5.74, 6) is 0.347. The van der Waals surface area contributed by atoms with E-state index in [9.17, 15) is 13.2 Å². The van der Waals surface area contributed by atoms with Crippen LogP contribution >= 0.6 is 0 Å². The molecule has 2 aromatic carbocycles. The van der Waals surface area contributed by atoms with Crippen LogP contribution in [0.2, 0.25) is 0 Å². The van der Waals surface area contributed by atoms with E-state index in [4.69, 9.17) is 4.74 Å². The molecular formula is C20H26N2O4S. The van der Waals surface area contributed by atoms with Gasteiger partial charge in [-0.05, 0) is 56.3 Å². The monoisotopic (exact) mass is 390 g/mol. The number of nitrogens with zero attached hydrogens (tertiary/aromatic N) is 1. The molecule has 0 fully saturated rings. The van der Waals surface area contributed by atoms with Gasteiger partial charge in [0.05, 0.1) is 11.0 Å². The van der Waals surface area contributed by atoms with Crippen molar-refractivity contribution in [3.8, 4) is 5.75 Å². The van der Waals surface area contributed by atoms with Crippen molar-refractivity contribution in [2.24, 2.45) is 0 Å². The van der Waals surface area contributed by atoms with Gasteiger partial charge in [-0.2, -0.15) is 4.31 Å². The SMILES string of the molecule is CCN(CC)S(=O)(=O)c1cccc(C(=O)Nc2ccc(OC(C)C)cc2)c1. The molecule has 146 valence electrons. The number of benzene rings is 2. The normalized spacial score (nSPS) is 11.6. The predicted octanol–water partition coefficient (Wildman–Crippen LogP) is 3.76. The number of sulfonamides is 1. The molecule has 0 atom stereocenters. The summed E-state index contributed by atoms with van der Waals surface area (Å²) in [5, 5.41) is 2.77. The van der Waals surface area contributed by atoms with Gasteiger partial charge in [-0.25, -0.2) is 8.42 Å². The van der Waals surface area contributed by atoms with E-state index in [-0.39, 0.29) is 22.5 Å². The van der Waals surface area contributed by atoms with E-state index in [0.29, 0.717) is 18.8 Å². The van der Waals surface area contributed by atoms with Crippen LogP contribution in [0.4, 0.5) is 5.69 Å². The van der Waals surface area contributed by atoms with E-state index >= 15 is 0 Å². The molecule has 0 aliphatic rings. The first-order valence-electron chi connectivity index (χ1n) is 8.96. The fraction of sp³-hybridized carbons (Fsp3) is 0.350. The van der Waals surface area contributed by atoms with E-state index in [2.05, 4.69) is 5.32 Å². The van der Waals surface area contributed by atoms with Crippen LogP contribution in [0, 0.1) is 0 Å². The standard InChI is InChI=1S/C20H26N2O4S/c1-5-22(6-2)27(24,25)19-9-7-8-16(14-19)20(23)21-17-10-12-18(13-11-17)26-15(3)4/h7-15H,5-6H2,1-4H3,(H,21,23). The van der Waals surface area contributed by atoms with E-state index in [0.717, 1.165) is 5.75 Å². The third-order valence-electron chi connectivity index (χ3n) is 3.92. The molecule has 0 saturated carbocycles. The van der Waals surface area contributed by atoms with Crippen LogP contribution in [-0.4, -0.2) is 37.8 Å². The number of rotatable bonds is 8. The summed E-state index contributed by atoms with van der Waals surface area (Å²) in [6.07, 6.45) is 0.0703. The molecule has 2 rings (SSSR count). The van der Waals surface area contributed by atoms with Crippen LogP contribution in [-0.2, 0) is 10.0 Å². The first kappa shape index (κ1) is 20.9. The molecule has 0 spiro atoms. The average molecular weight is 391 g/mol. The van der Waals surface area contributed by atoms with Crippen molar-refractivity contribution in [1.29, 1.82) is 0 Å². The van der Waals surface area contributed by atoms with Gasteiger partial charge < -0.3 is 10.1 Å². The van der Waals surface area contributed by atoms with Crippen molar-refractivity contribution in [2.45, 2.75) is 38.7 Å². The van der Waals surface area contributed by atoms with Gasteiger partial charge in [0, 0.05) is 24.3 Å². The smallest absolute Gasteiger partial charge is 0.255 e. The van der Waals surface area contributed by atoms with Crippen LogP contribution in [0.15, 0.2) is 53.4 Å². The zero-order chi connectivity index (χ0) is 20.0. The van der Waals surface area contributed by atoms with Gasteiger partial charge >= 0.3 is 0 Å². The number of amides is 1. The number of hydrogen-bond acceptors (Lipinski definition) is 4. The zero-order valence-electron chi connectivity index (χ0n) is 16.1. The Morgan fingerprint density at radius 1 is 1.07 bits per heavy atom. The highest BCUT2D eigenvalue weighted by atomic mass is 32.2. The predicted molar refractivity (Wildman–Crippen MR) is 107 cm³/mol. The van der Waals surface area contributed by atoms with Crippen LogP contribution in [0.3, 0.4) is 0 Å². The Hall–Kier alpha value is -2.38. The van der Waals surface area contributed by atoms with Gasteiger partial charge in [0.25, 0.3) is 5.91 Å². The molecule has 1 N–H and O–H groups in total. The van der Waals surface area contributed by atoms with Gasteiger partial charge in [0.1, 0.15) is 5.75 Å². The summed E-state index contributed by atoms with van der Waals surface area (Å²) in [6, 6.07) is 13.1. The first-order chi connectivity index (χ1) is 12.8. The Labute approximate surface area is 161 Å². The van der Waals surface area contributed by atoms with E-state index in [1.165, 1.54) is 16.4 Å². The first-order valence-corrected chi connectivity index (χ1v) is 10.4. The van der Waals surface area contributed by atoms with Crippen molar-refractivity contribution in [2.75, 3.05) is 18.4 Å². The Morgan fingerprint density at radius 2 is 1.70 bits per heavy atom. The van der Waals surface area contributed by atoms with Gasteiger partial charge in [0.15, 0.2) is 0 Å². The number of ether oxygens (including phenoxy) is 1. The van der Waals surface area contributed by atoms with Crippen LogP contribution in [0.5, 0.6) is 5.75 Å². The highest BCUT2D eigenvalue weighted by Gasteiger charge is 2.22. The number of carbonyl (C=O) groups excluding carboxylic acids is 1. The van der Waals surface area contributed by atoms with E-state index < -0.39 is 10.0 Å². The van der Waals surface area contributed by atoms with Crippen molar-refractivity contribution >= 4 is 21.6 Å². The molecule has 0 bridgehead atoms. The minimum atomic E-state index is -3.61.